The summed E-state index contributed by atoms with van der Waals surface area (Å²) in [6, 6.07) is 0.481. The lowest BCUT2D eigenvalue weighted by atomic mass is 10.0. The molecule has 0 aromatic rings. The number of likely N-dealkylation sites (tertiary alicyclic amines) is 1. The van der Waals surface area contributed by atoms with Crippen LogP contribution in [0.25, 0.3) is 0 Å². The number of hydrogen-bond donors (Lipinski definition) is 0. The zero-order valence-electron chi connectivity index (χ0n) is 7.61. The fourth-order valence-corrected chi connectivity index (χ4v) is 1.50. The molecule has 0 saturated carbocycles. The van der Waals surface area contributed by atoms with Crippen molar-refractivity contribution in [3.05, 3.63) is 11.7 Å². The van der Waals surface area contributed by atoms with Gasteiger partial charge in [0.25, 0.3) is 6.08 Å². The standard InChI is InChI=1S/C9H15F2N/c1-7(2)12-5-3-8(4-6-12)9(10)11/h7H,3-6H2,1-2H3. The van der Waals surface area contributed by atoms with Gasteiger partial charge in [0.2, 0.25) is 0 Å². The molecule has 0 bridgehead atoms. The molecule has 0 aliphatic carbocycles. The van der Waals surface area contributed by atoms with Crippen LogP contribution in [0, 0.1) is 0 Å². The van der Waals surface area contributed by atoms with Gasteiger partial charge in [-0.3, -0.25) is 0 Å². The van der Waals surface area contributed by atoms with Crippen LogP contribution >= 0.6 is 0 Å². The molecular weight excluding hydrogens is 160 g/mol. The van der Waals surface area contributed by atoms with Crippen LogP contribution in [0.2, 0.25) is 0 Å². The number of piperidine rings is 1. The summed E-state index contributed by atoms with van der Waals surface area (Å²) in [5, 5.41) is 0. The maximum Gasteiger partial charge on any atom is 0.269 e. The average molecular weight is 175 g/mol. The summed E-state index contributed by atoms with van der Waals surface area (Å²) >= 11 is 0. The monoisotopic (exact) mass is 175 g/mol. The van der Waals surface area contributed by atoms with E-state index in [1.54, 1.807) is 0 Å². The molecule has 0 spiro atoms. The van der Waals surface area contributed by atoms with Crippen molar-refractivity contribution in [3.63, 3.8) is 0 Å². The Labute approximate surface area is 72.1 Å². The van der Waals surface area contributed by atoms with Crippen LogP contribution in [0.4, 0.5) is 8.78 Å². The molecule has 70 valence electrons. The van der Waals surface area contributed by atoms with Crippen LogP contribution in [0.3, 0.4) is 0 Å². The zero-order valence-corrected chi connectivity index (χ0v) is 7.61. The molecule has 0 amide bonds. The van der Waals surface area contributed by atoms with Gasteiger partial charge >= 0.3 is 0 Å². The normalized spacial score (nSPS) is 20.2. The van der Waals surface area contributed by atoms with E-state index in [2.05, 4.69) is 18.7 Å². The maximum atomic E-state index is 12.1. The van der Waals surface area contributed by atoms with E-state index in [-0.39, 0.29) is 0 Å². The number of rotatable bonds is 1. The summed E-state index contributed by atoms with van der Waals surface area (Å²) in [4.78, 5) is 2.23. The van der Waals surface area contributed by atoms with Crippen molar-refractivity contribution in [2.75, 3.05) is 13.1 Å². The van der Waals surface area contributed by atoms with E-state index in [9.17, 15) is 8.78 Å². The van der Waals surface area contributed by atoms with Crippen molar-refractivity contribution in [1.82, 2.24) is 4.90 Å². The molecule has 0 unspecified atom stereocenters. The molecule has 1 nitrogen and oxygen atoms in total. The predicted octanol–water partition coefficient (Wildman–Crippen LogP) is 2.64. The van der Waals surface area contributed by atoms with Gasteiger partial charge in [-0.2, -0.15) is 8.78 Å². The van der Waals surface area contributed by atoms with Crippen LogP contribution < -0.4 is 0 Å². The average Bonchev–Trinajstić information content (AvgIpc) is 2.04. The zero-order chi connectivity index (χ0) is 9.14. The van der Waals surface area contributed by atoms with Gasteiger partial charge in [0.1, 0.15) is 0 Å². The van der Waals surface area contributed by atoms with E-state index in [1.165, 1.54) is 0 Å². The summed E-state index contributed by atoms with van der Waals surface area (Å²) in [6.07, 6.45) is -0.375. The van der Waals surface area contributed by atoms with Crippen molar-refractivity contribution in [2.24, 2.45) is 0 Å². The third kappa shape index (κ3) is 2.27. The fourth-order valence-electron chi connectivity index (χ4n) is 1.50. The minimum Gasteiger partial charge on any atom is -0.300 e. The number of nitrogens with zero attached hydrogens (tertiary/aromatic N) is 1. The van der Waals surface area contributed by atoms with Crippen LogP contribution in [-0.2, 0) is 0 Å². The first-order valence-corrected chi connectivity index (χ1v) is 4.38. The first-order valence-electron chi connectivity index (χ1n) is 4.38. The van der Waals surface area contributed by atoms with Gasteiger partial charge in [0.15, 0.2) is 0 Å². The number of halogens is 2. The first-order chi connectivity index (χ1) is 5.61. The summed E-state index contributed by atoms with van der Waals surface area (Å²) in [7, 11) is 0. The molecule has 0 atom stereocenters. The van der Waals surface area contributed by atoms with E-state index < -0.39 is 6.08 Å². The predicted molar refractivity (Wildman–Crippen MR) is 45.2 cm³/mol. The second kappa shape index (κ2) is 3.99. The lowest BCUT2D eigenvalue weighted by Crippen LogP contribution is -2.36. The molecule has 0 aromatic heterocycles. The Morgan fingerprint density at radius 3 is 2.08 bits per heavy atom. The summed E-state index contributed by atoms with van der Waals surface area (Å²) in [6.45, 7) is 5.76. The third-order valence-electron chi connectivity index (χ3n) is 2.40. The highest BCUT2D eigenvalue weighted by molar-refractivity contribution is 5.06. The van der Waals surface area contributed by atoms with Crippen molar-refractivity contribution < 1.29 is 8.78 Å². The van der Waals surface area contributed by atoms with Gasteiger partial charge in [-0.05, 0) is 32.3 Å². The third-order valence-corrected chi connectivity index (χ3v) is 2.40. The quantitative estimate of drug-likeness (QED) is 0.592. The molecule has 0 aromatic carbocycles. The van der Waals surface area contributed by atoms with E-state index >= 15 is 0 Å². The highest BCUT2D eigenvalue weighted by atomic mass is 19.3. The van der Waals surface area contributed by atoms with Gasteiger partial charge in [0.05, 0.1) is 0 Å². The maximum absolute atomic E-state index is 12.1. The van der Waals surface area contributed by atoms with Crippen molar-refractivity contribution >= 4 is 0 Å². The van der Waals surface area contributed by atoms with Crippen LogP contribution in [0.5, 0.6) is 0 Å². The Kier molecular flexibility index (Phi) is 3.20. The molecule has 1 aliphatic heterocycles. The van der Waals surface area contributed by atoms with E-state index in [0.717, 1.165) is 13.1 Å². The van der Waals surface area contributed by atoms with Gasteiger partial charge < -0.3 is 4.90 Å². The molecular formula is C9H15F2N. The van der Waals surface area contributed by atoms with E-state index in [0.29, 0.717) is 24.5 Å². The van der Waals surface area contributed by atoms with Gasteiger partial charge in [-0.15, -0.1) is 0 Å². The summed E-state index contributed by atoms with van der Waals surface area (Å²) < 4.78 is 24.2. The Bertz CT molecular complexity index is 173. The van der Waals surface area contributed by atoms with Crippen molar-refractivity contribution in [3.8, 4) is 0 Å². The fraction of sp³-hybridized carbons (Fsp3) is 0.778. The van der Waals surface area contributed by atoms with Crippen molar-refractivity contribution in [2.45, 2.75) is 32.7 Å². The molecule has 1 fully saturated rings. The summed E-state index contributed by atoms with van der Waals surface area (Å²) in [5.74, 6) is 0. The minimum absolute atomic E-state index is 0.354. The SMILES string of the molecule is CC(C)N1CCC(=C(F)F)CC1. The molecule has 1 aliphatic rings. The van der Waals surface area contributed by atoms with Gasteiger partial charge in [-0.1, -0.05) is 0 Å². The molecule has 1 rings (SSSR count). The molecule has 1 saturated heterocycles. The number of hydrogen-bond acceptors (Lipinski definition) is 1. The second-order valence-corrected chi connectivity index (χ2v) is 3.49. The Hall–Kier alpha value is -0.440. The highest BCUT2D eigenvalue weighted by Gasteiger charge is 2.18. The first kappa shape index (κ1) is 9.65. The largest absolute Gasteiger partial charge is 0.300 e. The Morgan fingerprint density at radius 1 is 1.25 bits per heavy atom. The summed E-state index contributed by atoms with van der Waals surface area (Å²) in [5.41, 5.74) is 0.354. The van der Waals surface area contributed by atoms with Crippen LogP contribution in [0.15, 0.2) is 11.7 Å². The molecule has 1 heterocycles. The topological polar surface area (TPSA) is 3.24 Å². The van der Waals surface area contributed by atoms with E-state index in [1.807, 2.05) is 0 Å². The second-order valence-electron chi connectivity index (χ2n) is 3.49. The molecule has 3 heteroatoms. The minimum atomic E-state index is -1.46. The van der Waals surface area contributed by atoms with Crippen LogP contribution in [-0.4, -0.2) is 24.0 Å². The Balaban J connectivity index is 2.45. The highest BCUT2D eigenvalue weighted by Crippen LogP contribution is 2.22. The molecule has 12 heavy (non-hydrogen) atoms. The molecule has 0 N–H and O–H groups in total. The smallest absolute Gasteiger partial charge is 0.269 e. The van der Waals surface area contributed by atoms with Crippen LogP contribution in [0.1, 0.15) is 26.7 Å². The van der Waals surface area contributed by atoms with E-state index in [4.69, 9.17) is 0 Å². The van der Waals surface area contributed by atoms with Gasteiger partial charge in [0, 0.05) is 19.1 Å². The lowest BCUT2D eigenvalue weighted by Gasteiger charge is -2.30. The molecule has 0 radical (unpaired) electrons. The van der Waals surface area contributed by atoms with Crippen molar-refractivity contribution in [1.29, 1.82) is 0 Å². The lowest BCUT2D eigenvalue weighted by molar-refractivity contribution is 0.202. The Morgan fingerprint density at radius 2 is 1.75 bits per heavy atom. The van der Waals surface area contributed by atoms with Gasteiger partial charge in [-0.25, -0.2) is 0 Å².